The molecule has 0 spiro atoms. The zero-order chi connectivity index (χ0) is 11.4. The van der Waals surface area contributed by atoms with E-state index in [4.69, 9.17) is 10.5 Å². The van der Waals surface area contributed by atoms with E-state index in [2.05, 4.69) is 0 Å². The van der Waals surface area contributed by atoms with Crippen molar-refractivity contribution >= 4 is 12.4 Å². The number of rotatable bonds is 4. The minimum Gasteiger partial charge on any atom is -0.508 e. The molecule has 0 aliphatic carbocycles. The van der Waals surface area contributed by atoms with Gasteiger partial charge in [-0.3, -0.25) is 0 Å². The average Bonchev–Trinajstić information content (AvgIpc) is 2.17. The predicted octanol–water partition coefficient (Wildman–Crippen LogP) is 2.48. The van der Waals surface area contributed by atoms with Crippen LogP contribution in [0.4, 0.5) is 8.78 Å². The Morgan fingerprint density at radius 1 is 1.44 bits per heavy atom. The third kappa shape index (κ3) is 3.83. The van der Waals surface area contributed by atoms with Crippen molar-refractivity contribution < 1.29 is 18.6 Å². The second kappa shape index (κ2) is 6.50. The molecule has 16 heavy (non-hydrogen) atoms. The number of ether oxygens (including phenoxy) is 1. The van der Waals surface area contributed by atoms with Gasteiger partial charge in [-0.1, -0.05) is 0 Å². The van der Waals surface area contributed by atoms with Crippen LogP contribution >= 0.6 is 12.4 Å². The molecule has 0 heterocycles. The van der Waals surface area contributed by atoms with E-state index in [9.17, 15) is 13.9 Å². The normalized spacial score (nSPS) is 12.1. The van der Waals surface area contributed by atoms with E-state index >= 15 is 0 Å². The maximum atomic E-state index is 12.1. The van der Waals surface area contributed by atoms with Crippen molar-refractivity contribution in [2.24, 2.45) is 5.73 Å². The lowest BCUT2D eigenvalue weighted by molar-refractivity contribution is 0.128. The van der Waals surface area contributed by atoms with Crippen molar-refractivity contribution in [3.63, 3.8) is 0 Å². The fourth-order valence-corrected chi connectivity index (χ4v) is 1.28. The summed E-state index contributed by atoms with van der Waals surface area (Å²) < 4.78 is 29.1. The number of aromatic hydroxyl groups is 1. The molecule has 1 aromatic carbocycles. The fourth-order valence-electron chi connectivity index (χ4n) is 1.28. The molecular formula is C10H14ClF2NO2. The van der Waals surface area contributed by atoms with Gasteiger partial charge in [-0.15, -0.1) is 12.4 Å². The zero-order valence-corrected chi connectivity index (χ0v) is 9.51. The van der Waals surface area contributed by atoms with Crippen LogP contribution in [0.2, 0.25) is 0 Å². The van der Waals surface area contributed by atoms with Crippen molar-refractivity contribution in [3.8, 4) is 11.5 Å². The Morgan fingerprint density at radius 3 is 2.56 bits per heavy atom. The van der Waals surface area contributed by atoms with Crippen LogP contribution in [0.25, 0.3) is 0 Å². The lowest BCUT2D eigenvalue weighted by atomic mass is 10.0. The molecule has 0 saturated carbocycles. The van der Waals surface area contributed by atoms with Crippen molar-refractivity contribution in [1.29, 1.82) is 0 Å². The largest absolute Gasteiger partial charge is 0.508 e. The van der Waals surface area contributed by atoms with Gasteiger partial charge in [0.15, 0.2) is 0 Å². The van der Waals surface area contributed by atoms with Crippen LogP contribution in [0.3, 0.4) is 0 Å². The van der Waals surface area contributed by atoms with Crippen molar-refractivity contribution in [1.82, 2.24) is 0 Å². The highest BCUT2D eigenvalue weighted by molar-refractivity contribution is 5.85. The van der Waals surface area contributed by atoms with Crippen LogP contribution in [0.15, 0.2) is 18.2 Å². The van der Waals surface area contributed by atoms with Gasteiger partial charge in [-0.2, -0.15) is 0 Å². The number of alkyl halides is 2. The van der Waals surface area contributed by atoms with Crippen molar-refractivity contribution in [3.05, 3.63) is 23.8 Å². The van der Waals surface area contributed by atoms with E-state index < -0.39 is 18.9 Å². The van der Waals surface area contributed by atoms with Crippen LogP contribution in [-0.4, -0.2) is 18.6 Å². The molecule has 1 aromatic rings. The number of halogens is 3. The first-order chi connectivity index (χ1) is 7.04. The summed E-state index contributed by atoms with van der Waals surface area (Å²) in [6.45, 7) is 0. The SMILES string of the molecule is COc1ccc(O)c([C@@H](N)CC(F)F)c1.Cl. The summed E-state index contributed by atoms with van der Waals surface area (Å²) in [7, 11) is 1.45. The highest BCUT2D eigenvalue weighted by Crippen LogP contribution is 2.29. The topological polar surface area (TPSA) is 55.5 Å². The van der Waals surface area contributed by atoms with Crippen molar-refractivity contribution in [2.45, 2.75) is 18.9 Å². The van der Waals surface area contributed by atoms with E-state index in [1.165, 1.54) is 25.3 Å². The molecule has 1 rings (SSSR count). The number of benzene rings is 1. The fraction of sp³-hybridized carbons (Fsp3) is 0.400. The Balaban J connectivity index is 0.00000225. The monoisotopic (exact) mass is 253 g/mol. The number of hydrogen-bond donors (Lipinski definition) is 2. The minimum absolute atomic E-state index is 0. The van der Waals surface area contributed by atoms with Gasteiger partial charge in [-0.25, -0.2) is 8.78 Å². The predicted molar refractivity (Wildman–Crippen MR) is 59.5 cm³/mol. The molecule has 0 radical (unpaired) electrons. The van der Waals surface area contributed by atoms with E-state index in [0.717, 1.165) is 0 Å². The molecule has 0 amide bonds. The summed E-state index contributed by atoms with van der Waals surface area (Å²) in [6, 6.07) is 3.48. The standard InChI is InChI=1S/C10H13F2NO2.ClH/c1-15-6-2-3-9(14)7(4-6)8(13)5-10(11)12;/h2-4,8,10,14H,5,13H2,1H3;1H/t8-;/m0./s1. The molecule has 0 saturated heterocycles. The van der Waals surface area contributed by atoms with Crippen LogP contribution in [-0.2, 0) is 0 Å². The molecule has 0 aliphatic rings. The number of methoxy groups -OCH3 is 1. The third-order valence-corrected chi connectivity index (χ3v) is 2.07. The Bertz CT molecular complexity index is 337. The molecule has 0 bridgehead atoms. The average molecular weight is 254 g/mol. The second-order valence-electron chi connectivity index (χ2n) is 3.16. The van der Waals surface area contributed by atoms with E-state index in [0.29, 0.717) is 5.75 Å². The van der Waals surface area contributed by atoms with Crippen LogP contribution in [0.5, 0.6) is 11.5 Å². The molecule has 0 aromatic heterocycles. The summed E-state index contributed by atoms with van der Waals surface area (Å²) in [5, 5.41) is 9.43. The summed E-state index contributed by atoms with van der Waals surface area (Å²) in [5.41, 5.74) is 5.80. The van der Waals surface area contributed by atoms with Gasteiger partial charge in [0, 0.05) is 18.0 Å². The molecule has 6 heteroatoms. The van der Waals surface area contributed by atoms with Gasteiger partial charge in [0.05, 0.1) is 7.11 Å². The second-order valence-corrected chi connectivity index (χ2v) is 3.16. The van der Waals surface area contributed by atoms with Gasteiger partial charge in [-0.05, 0) is 18.2 Å². The van der Waals surface area contributed by atoms with Crippen LogP contribution < -0.4 is 10.5 Å². The number of phenolic OH excluding ortho intramolecular Hbond substituents is 1. The molecule has 3 nitrogen and oxygen atoms in total. The smallest absolute Gasteiger partial charge is 0.240 e. The molecule has 1 atom stereocenters. The lowest BCUT2D eigenvalue weighted by Crippen LogP contribution is -2.14. The number of nitrogens with two attached hydrogens (primary N) is 1. The Hall–Kier alpha value is -1.07. The molecule has 0 fully saturated rings. The summed E-state index contributed by atoms with van der Waals surface area (Å²) in [5.74, 6) is 0.386. The Labute approximate surface area is 98.6 Å². The molecular weight excluding hydrogens is 240 g/mol. The highest BCUT2D eigenvalue weighted by atomic mass is 35.5. The first kappa shape index (κ1) is 14.9. The maximum absolute atomic E-state index is 12.1. The molecule has 92 valence electrons. The van der Waals surface area contributed by atoms with Crippen LogP contribution in [0, 0.1) is 0 Å². The van der Waals surface area contributed by atoms with E-state index in [1.54, 1.807) is 0 Å². The number of phenols is 1. The zero-order valence-electron chi connectivity index (χ0n) is 8.69. The van der Waals surface area contributed by atoms with Crippen molar-refractivity contribution in [2.75, 3.05) is 7.11 Å². The first-order valence-electron chi connectivity index (χ1n) is 4.45. The van der Waals surface area contributed by atoms with Gasteiger partial charge >= 0.3 is 0 Å². The van der Waals surface area contributed by atoms with Gasteiger partial charge in [0.1, 0.15) is 11.5 Å². The summed E-state index contributed by atoms with van der Waals surface area (Å²) in [4.78, 5) is 0. The first-order valence-corrected chi connectivity index (χ1v) is 4.45. The lowest BCUT2D eigenvalue weighted by Gasteiger charge is -2.14. The molecule has 0 unspecified atom stereocenters. The Kier molecular flexibility index (Phi) is 6.06. The van der Waals surface area contributed by atoms with E-state index in [1.807, 2.05) is 0 Å². The van der Waals surface area contributed by atoms with Gasteiger partial charge in [0.2, 0.25) is 6.43 Å². The molecule has 0 aliphatic heterocycles. The van der Waals surface area contributed by atoms with Gasteiger partial charge in [0.25, 0.3) is 0 Å². The summed E-state index contributed by atoms with van der Waals surface area (Å²) >= 11 is 0. The van der Waals surface area contributed by atoms with Crippen LogP contribution in [0.1, 0.15) is 18.0 Å². The molecule has 3 N–H and O–H groups in total. The number of hydrogen-bond acceptors (Lipinski definition) is 3. The van der Waals surface area contributed by atoms with Gasteiger partial charge < -0.3 is 15.6 Å². The third-order valence-electron chi connectivity index (χ3n) is 2.07. The minimum atomic E-state index is -2.49. The maximum Gasteiger partial charge on any atom is 0.240 e. The highest BCUT2D eigenvalue weighted by Gasteiger charge is 2.16. The quantitative estimate of drug-likeness (QED) is 0.867. The summed E-state index contributed by atoms with van der Waals surface area (Å²) in [6.07, 6.45) is -2.98. The van der Waals surface area contributed by atoms with E-state index in [-0.39, 0.29) is 23.7 Å². The Morgan fingerprint density at radius 2 is 2.06 bits per heavy atom.